The zero-order valence-corrected chi connectivity index (χ0v) is 21.5. The lowest BCUT2D eigenvalue weighted by Crippen LogP contribution is -2.51. The summed E-state index contributed by atoms with van der Waals surface area (Å²) in [5.74, 6) is -1.37. The molecule has 2 N–H and O–H groups in total. The van der Waals surface area contributed by atoms with Gasteiger partial charge in [-0.2, -0.15) is 8.78 Å². The number of benzene rings is 1. The molecule has 1 saturated carbocycles. The third-order valence-corrected chi connectivity index (χ3v) is 7.27. The van der Waals surface area contributed by atoms with Gasteiger partial charge in [-0.3, -0.25) is 9.78 Å². The van der Waals surface area contributed by atoms with Crippen molar-refractivity contribution >= 4 is 12.0 Å². The third-order valence-electron chi connectivity index (χ3n) is 7.27. The average molecular weight is 520 g/mol. The number of nitrogens with two attached hydrogens (primary N) is 1. The molecule has 4 atom stereocenters. The molecule has 2 aromatic rings. The van der Waals surface area contributed by atoms with E-state index in [1.165, 1.54) is 13.8 Å². The van der Waals surface area contributed by atoms with Crippen LogP contribution in [-0.2, 0) is 19.9 Å². The predicted octanol–water partition coefficient (Wildman–Crippen LogP) is 5.34. The summed E-state index contributed by atoms with van der Waals surface area (Å²) in [6, 6.07) is 9.53. The normalized spacial score (nSPS) is 26.8. The minimum absolute atomic E-state index is 0.0840. The Hall–Kier alpha value is -3.14. The molecular weight excluding hydrogens is 487 g/mol. The predicted molar refractivity (Wildman–Crippen MR) is 130 cm³/mol. The van der Waals surface area contributed by atoms with Crippen LogP contribution in [0.25, 0.3) is 11.1 Å². The average Bonchev–Trinajstić information content (AvgIpc) is 3.49. The van der Waals surface area contributed by atoms with Gasteiger partial charge in [0.05, 0.1) is 11.7 Å². The van der Waals surface area contributed by atoms with Crippen LogP contribution in [0.2, 0.25) is 0 Å². The van der Waals surface area contributed by atoms with Gasteiger partial charge in [0.25, 0.3) is 5.91 Å². The van der Waals surface area contributed by atoms with E-state index in [1.54, 1.807) is 30.5 Å². The number of alkyl halides is 3. The van der Waals surface area contributed by atoms with Gasteiger partial charge < -0.3 is 20.1 Å². The van der Waals surface area contributed by atoms with Crippen molar-refractivity contribution in [3.05, 3.63) is 53.9 Å². The monoisotopic (exact) mass is 519 g/mol. The summed E-state index contributed by atoms with van der Waals surface area (Å²) in [4.78, 5) is 29.0. The molecular formula is C27H32F3N3O4. The fourth-order valence-electron chi connectivity index (χ4n) is 5.51. The Morgan fingerprint density at radius 3 is 2.24 bits per heavy atom. The smallest absolute Gasteiger partial charge is 0.405 e. The number of ether oxygens (including phenoxy) is 2. The van der Waals surface area contributed by atoms with Crippen molar-refractivity contribution in [1.82, 2.24) is 9.88 Å². The maximum Gasteiger partial charge on any atom is 0.405 e. The molecule has 0 radical (unpaired) electrons. The Morgan fingerprint density at radius 2 is 1.78 bits per heavy atom. The van der Waals surface area contributed by atoms with Crippen LogP contribution >= 0.6 is 0 Å². The molecule has 200 valence electrons. The van der Waals surface area contributed by atoms with E-state index in [0.29, 0.717) is 17.7 Å². The topological polar surface area (TPSA) is 94.7 Å². The van der Waals surface area contributed by atoms with Gasteiger partial charge in [0.15, 0.2) is 5.60 Å². The first kappa shape index (κ1) is 26.9. The number of carbonyl (C=O) groups excluding carboxylic acids is 2. The minimum Gasteiger partial charge on any atom is -0.436 e. The molecule has 1 aromatic heterocycles. The zero-order valence-electron chi connectivity index (χ0n) is 21.5. The number of aromatic nitrogens is 1. The molecule has 2 unspecified atom stereocenters. The van der Waals surface area contributed by atoms with Crippen molar-refractivity contribution in [1.29, 1.82) is 0 Å². The number of hydrogen-bond acceptors (Lipinski definition) is 5. The number of pyridine rings is 1. The summed E-state index contributed by atoms with van der Waals surface area (Å²) in [6.45, 7) is 8.14. The lowest BCUT2D eigenvalue weighted by atomic mass is 9.87. The molecule has 1 aromatic carbocycles. The van der Waals surface area contributed by atoms with Gasteiger partial charge in [-0.05, 0) is 36.5 Å². The standard InChI is InChI=1S/C27H32F3N3O4/c1-25(2,3)19-12-27(19,37-24(31)35)20-11-10-17(14-32-20)15-6-8-16(9-7-15)21-18(13-28)33(23(34)22(29)30)26(4,5)36-21/h6-11,14,18-19,21-22H,12-13H2,1-5H3,(H2,31,35)/t18-,19?,21-,27?/m1/s1. The number of primary amides is 1. The molecule has 1 aliphatic heterocycles. The molecule has 4 rings (SSSR count). The number of hydrogen-bond donors (Lipinski definition) is 1. The Bertz CT molecular complexity index is 1160. The lowest BCUT2D eigenvalue weighted by Gasteiger charge is -2.32. The van der Waals surface area contributed by atoms with Crippen molar-refractivity contribution in [3.63, 3.8) is 0 Å². The molecule has 10 heteroatoms. The van der Waals surface area contributed by atoms with Crippen LogP contribution in [0.3, 0.4) is 0 Å². The molecule has 37 heavy (non-hydrogen) atoms. The quantitative estimate of drug-likeness (QED) is 0.556. The summed E-state index contributed by atoms with van der Waals surface area (Å²) in [7, 11) is 0. The number of halogens is 3. The Morgan fingerprint density at radius 1 is 1.16 bits per heavy atom. The van der Waals surface area contributed by atoms with Gasteiger partial charge in [-0.25, -0.2) is 9.18 Å². The maximum atomic E-state index is 13.9. The van der Waals surface area contributed by atoms with E-state index in [4.69, 9.17) is 15.2 Å². The first-order valence-electron chi connectivity index (χ1n) is 12.1. The van der Waals surface area contributed by atoms with E-state index in [9.17, 15) is 22.8 Å². The summed E-state index contributed by atoms with van der Waals surface area (Å²) >= 11 is 0. The zero-order chi connectivity index (χ0) is 27.3. The van der Waals surface area contributed by atoms with E-state index in [1.807, 2.05) is 12.1 Å². The van der Waals surface area contributed by atoms with E-state index in [2.05, 4.69) is 25.8 Å². The molecule has 1 saturated heterocycles. The first-order chi connectivity index (χ1) is 17.2. The molecule has 7 nitrogen and oxygen atoms in total. The van der Waals surface area contributed by atoms with Gasteiger partial charge in [0.2, 0.25) is 0 Å². The molecule has 2 aliphatic rings. The number of nitrogens with zero attached hydrogens (tertiary/aromatic N) is 2. The maximum absolute atomic E-state index is 13.9. The number of rotatable bonds is 6. The Kier molecular flexibility index (Phi) is 6.77. The van der Waals surface area contributed by atoms with Crippen LogP contribution in [-0.4, -0.2) is 46.8 Å². The van der Waals surface area contributed by atoms with Crippen LogP contribution in [0.1, 0.15) is 58.4 Å². The largest absolute Gasteiger partial charge is 0.436 e. The van der Waals surface area contributed by atoms with Crippen LogP contribution in [0, 0.1) is 11.3 Å². The highest BCUT2D eigenvalue weighted by atomic mass is 19.3. The lowest BCUT2D eigenvalue weighted by molar-refractivity contribution is -0.159. The van der Waals surface area contributed by atoms with Gasteiger partial charge in [-0.1, -0.05) is 51.1 Å². The fourth-order valence-corrected chi connectivity index (χ4v) is 5.51. The number of amides is 2. The van der Waals surface area contributed by atoms with Crippen LogP contribution < -0.4 is 5.73 Å². The van der Waals surface area contributed by atoms with Crippen molar-refractivity contribution in [2.45, 2.75) is 70.9 Å². The van der Waals surface area contributed by atoms with E-state index >= 15 is 0 Å². The van der Waals surface area contributed by atoms with Crippen molar-refractivity contribution < 1.29 is 32.2 Å². The second-order valence-electron chi connectivity index (χ2n) is 11.2. The first-order valence-corrected chi connectivity index (χ1v) is 12.1. The highest BCUT2D eigenvalue weighted by molar-refractivity contribution is 5.80. The van der Waals surface area contributed by atoms with Gasteiger partial charge >= 0.3 is 12.5 Å². The van der Waals surface area contributed by atoms with Crippen LogP contribution in [0.4, 0.5) is 18.0 Å². The highest BCUT2D eigenvalue weighted by Crippen LogP contribution is 2.62. The van der Waals surface area contributed by atoms with Gasteiger partial charge in [-0.15, -0.1) is 0 Å². The molecule has 0 spiro atoms. The Balaban J connectivity index is 1.56. The highest BCUT2D eigenvalue weighted by Gasteiger charge is 2.64. The van der Waals surface area contributed by atoms with Gasteiger partial charge in [0, 0.05) is 24.1 Å². The third kappa shape index (κ3) is 4.91. The van der Waals surface area contributed by atoms with Crippen molar-refractivity contribution in [2.24, 2.45) is 17.1 Å². The van der Waals surface area contributed by atoms with Crippen molar-refractivity contribution in [2.75, 3.05) is 6.67 Å². The SMILES string of the molecule is CC(C)(C)C1CC1(OC(N)=O)c1ccc(-c2ccc([C@H]3OC(C)(C)N(C(=O)C(F)F)[C@@H]3CF)cc2)cn1. The number of carbonyl (C=O) groups is 2. The van der Waals surface area contributed by atoms with E-state index in [-0.39, 0.29) is 11.3 Å². The van der Waals surface area contributed by atoms with Crippen LogP contribution in [0.15, 0.2) is 42.6 Å². The second kappa shape index (κ2) is 9.31. The summed E-state index contributed by atoms with van der Waals surface area (Å²) in [5, 5.41) is 0. The molecule has 2 fully saturated rings. The minimum atomic E-state index is -3.25. The van der Waals surface area contributed by atoms with Gasteiger partial charge in [0.1, 0.15) is 18.5 Å². The van der Waals surface area contributed by atoms with Crippen LogP contribution in [0.5, 0.6) is 0 Å². The van der Waals surface area contributed by atoms with Crippen molar-refractivity contribution in [3.8, 4) is 11.1 Å². The summed E-state index contributed by atoms with van der Waals surface area (Å²) < 4.78 is 51.6. The fraction of sp³-hybridized carbons (Fsp3) is 0.519. The van der Waals surface area contributed by atoms with E-state index in [0.717, 1.165) is 16.0 Å². The molecule has 1 aliphatic carbocycles. The Labute approximate surface area is 214 Å². The molecule has 2 amide bonds. The van der Waals surface area contributed by atoms with E-state index < -0.39 is 48.6 Å². The summed E-state index contributed by atoms with van der Waals surface area (Å²) in [5.41, 5.74) is 5.81. The second-order valence-corrected chi connectivity index (χ2v) is 11.2. The molecule has 2 heterocycles. The molecule has 0 bridgehead atoms. The summed E-state index contributed by atoms with van der Waals surface area (Å²) in [6.07, 6.45) is -2.68.